The number of alkyl carbamates (subject to hydrolysis) is 2. The van der Waals surface area contributed by atoms with Crippen LogP contribution in [0.25, 0.3) is 22.4 Å². The third-order valence-electron chi connectivity index (χ3n) is 12.6. The van der Waals surface area contributed by atoms with Crippen molar-refractivity contribution in [1.29, 1.82) is 0 Å². The minimum Gasteiger partial charge on any atom is -0.453 e. The smallest absolute Gasteiger partial charge is 0.407 e. The molecule has 4 unspecified atom stereocenters. The molecule has 15 nitrogen and oxygen atoms in total. The Kier molecular flexibility index (Phi) is 14.5. The molecule has 4 heterocycles. The number of ether oxygens (including phenoxy) is 2. The molecule has 336 valence electrons. The van der Waals surface area contributed by atoms with Gasteiger partial charge < -0.3 is 45.1 Å². The van der Waals surface area contributed by atoms with E-state index >= 15 is 0 Å². The van der Waals surface area contributed by atoms with E-state index in [1.807, 2.05) is 38.8 Å². The van der Waals surface area contributed by atoms with Crippen LogP contribution in [0.2, 0.25) is 0 Å². The van der Waals surface area contributed by atoms with Gasteiger partial charge in [-0.25, -0.2) is 14.6 Å². The minimum atomic E-state index is -0.783. The Balaban J connectivity index is 1.19. The fraction of sp³-hybridized carbons (Fsp3) is 0.574. The molecule has 5 amide bonds. The predicted molar refractivity (Wildman–Crippen MR) is 238 cm³/mol. The van der Waals surface area contributed by atoms with E-state index in [2.05, 4.69) is 89.1 Å². The summed E-state index contributed by atoms with van der Waals surface area (Å²) in [5.41, 5.74) is 6.31. The van der Waals surface area contributed by atoms with Crippen molar-refractivity contribution < 1.29 is 33.4 Å². The summed E-state index contributed by atoms with van der Waals surface area (Å²) in [5.74, 6) is -0.171. The van der Waals surface area contributed by atoms with Crippen molar-refractivity contribution in [3.05, 3.63) is 60.0 Å². The third kappa shape index (κ3) is 10.4. The molecule has 6 rings (SSSR count). The molecule has 3 saturated heterocycles. The van der Waals surface area contributed by atoms with Gasteiger partial charge in [-0.2, -0.15) is 0 Å². The number of methoxy groups -OCH3 is 2. The first-order valence-corrected chi connectivity index (χ1v) is 22.2. The van der Waals surface area contributed by atoms with Crippen molar-refractivity contribution in [2.24, 2.45) is 11.8 Å². The fourth-order valence-corrected chi connectivity index (χ4v) is 8.95. The zero-order chi connectivity index (χ0) is 44.9. The van der Waals surface area contributed by atoms with Gasteiger partial charge in [-0.3, -0.25) is 14.4 Å². The van der Waals surface area contributed by atoms with E-state index in [-0.39, 0.29) is 47.1 Å². The molecule has 0 radical (unpaired) electrons. The van der Waals surface area contributed by atoms with Crippen LogP contribution in [-0.4, -0.2) is 114 Å². The quantitative estimate of drug-likeness (QED) is 0.158. The highest BCUT2D eigenvalue weighted by atomic mass is 16.5. The van der Waals surface area contributed by atoms with Crippen molar-refractivity contribution in [3.8, 4) is 22.4 Å². The lowest BCUT2D eigenvalue weighted by atomic mass is 9.86. The van der Waals surface area contributed by atoms with E-state index in [9.17, 15) is 24.0 Å². The number of likely N-dealkylation sites (tertiary alicyclic amines) is 2. The van der Waals surface area contributed by atoms with Crippen LogP contribution in [0.5, 0.6) is 0 Å². The first-order chi connectivity index (χ1) is 29.5. The maximum Gasteiger partial charge on any atom is 0.407 e. The molecular formula is C47H66N8O7. The second-order valence-corrected chi connectivity index (χ2v) is 18.6. The predicted octanol–water partition coefficient (Wildman–Crippen LogP) is 6.54. The summed E-state index contributed by atoms with van der Waals surface area (Å²) in [4.78, 5) is 79.4. The van der Waals surface area contributed by atoms with Crippen LogP contribution < -0.4 is 20.9 Å². The van der Waals surface area contributed by atoms with Gasteiger partial charge in [0.15, 0.2) is 0 Å². The largest absolute Gasteiger partial charge is 0.453 e. The van der Waals surface area contributed by atoms with E-state index in [0.29, 0.717) is 31.8 Å². The molecule has 0 spiro atoms. The van der Waals surface area contributed by atoms with Gasteiger partial charge in [-0.1, -0.05) is 78.8 Å². The van der Waals surface area contributed by atoms with Gasteiger partial charge in [-0.05, 0) is 79.0 Å². The summed E-state index contributed by atoms with van der Waals surface area (Å²) in [6.45, 7) is 16.6. The highest BCUT2D eigenvalue weighted by Gasteiger charge is 2.40. The molecule has 4 atom stereocenters. The zero-order valence-corrected chi connectivity index (χ0v) is 37.9. The lowest BCUT2D eigenvalue weighted by Crippen LogP contribution is -2.56. The number of aromatic nitrogens is 2. The van der Waals surface area contributed by atoms with Gasteiger partial charge in [0.05, 0.1) is 32.2 Å². The minimum absolute atomic E-state index is 0.000796. The monoisotopic (exact) mass is 855 g/mol. The van der Waals surface area contributed by atoms with Crippen molar-refractivity contribution >= 4 is 35.6 Å². The topological polar surface area (TPSA) is 178 Å². The van der Waals surface area contributed by atoms with Crippen LogP contribution in [0.1, 0.15) is 104 Å². The molecule has 2 aromatic carbocycles. The number of benzene rings is 2. The van der Waals surface area contributed by atoms with E-state index in [1.54, 1.807) is 4.90 Å². The summed E-state index contributed by atoms with van der Waals surface area (Å²) in [6, 6.07) is 12.8. The molecule has 3 aliphatic rings. The van der Waals surface area contributed by atoms with E-state index in [4.69, 9.17) is 14.5 Å². The summed E-state index contributed by atoms with van der Waals surface area (Å²) < 4.78 is 9.56. The molecular weight excluding hydrogens is 789 g/mol. The van der Waals surface area contributed by atoms with E-state index in [1.165, 1.54) is 19.8 Å². The summed E-state index contributed by atoms with van der Waals surface area (Å²) in [5, 5.41) is 8.63. The number of nitrogens with zero attached hydrogens (tertiary/aromatic N) is 4. The van der Waals surface area contributed by atoms with Crippen molar-refractivity contribution in [3.63, 3.8) is 0 Å². The molecule has 1 aromatic heterocycles. The van der Waals surface area contributed by atoms with Crippen LogP contribution in [-0.2, 0) is 29.3 Å². The molecule has 0 aliphatic carbocycles. The Hall–Kier alpha value is -5.60. The Morgan fingerprint density at radius 1 is 0.742 bits per heavy atom. The van der Waals surface area contributed by atoms with Gasteiger partial charge in [0.1, 0.15) is 23.9 Å². The van der Waals surface area contributed by atoms with Crippen molar-refractivity contribution in [2.75, 3.05) is 45.3 Å². The Labute approximate surface area is 366 Å². The van der Waals surface area contributed by atoms with Crippen LogP contribution in [0.3, 0.4) is 0 Å². The van der Waals surface area contributed by atoms with Crippen LogP contribution in [0.15, 0.2) is 48.7 Å². The van der Waals surface area contributed by atoms with Gasteiger partial charge in [0.25, 0.3) is 0 Å². The molecule has 62 heavy (non-hydrogen) atoms. The number of nitrogens with one attached hydrogen (secondary N) is 4. The number of hydrogen-bond donors (Lipinski definition) is 4. The average Bonchev–Trinajstić information content (AvgIpc) is 4.06. The standard InChI is InChI=1S/C47H66N8O7/c1-28(2)39(51-45(59)61-8)43(57)54-22-10-12-37(54)41-48-27-35(50-41)31-16-19-36(34(26-31)30-14-17-32(18-15-30)47(5,6)7)53-24-20-33(21-25-53)49-42(56)38-13-11-23-55(38)44(58)40(29(3)4)52-46(60)62-9/h14-19,26-29,33,37-40H,10-13,20-25H2,1-9H3,(H,48,50)(H,49,56)(H,51,59)(H,52,60). The number of carbonyl (C=O) groups is 5. The van der Waals surface area contributed by atoms with E-state index < -0.39 is 30.3 Å². The average molecular weight is 855 g/mol. The van der Waals surface area contributed by atoms with E-state index in [0.717, 1.165) is 66.8 Å². The second kappa shape index (κ2) is 19.6. The van der Waals surface area contributed by atoms with Crippen LogP contribution in [0.4, 0.5) is 15.3 Å². The molecule has 3 fully saturated rings. The Morgan fingerprint density at radius 2 is 1.31 bits per heavy atom. The van der Waals surface area contributed by atoms with Gasteiger partial charge in [-0.15, -0.1) is 0 Å². The maximum atomic E-state index is 13.8. The summed E-state index contributed by atoms with van der Waals surface area (Å²) in [6.07, 6.45) is 4.87. The number of anilines is 1. The lowest BCUT2D eigenvalue weighted by Gasteiger charge is -2.36. The van der Waals surface area contributed by atoms with Gasteiger partial charge in [0, 0.05) is 49.0 Å². The molecule has 4 N–H and O–H groups in total. The zero-order valence-electron chi connectivity index (χ0n) is 37.9. The molecule has 0 saturated carbocycles. The van der Waals surface area contributed by atoms with Crippen molar-refractivity contribution in [2.45, 2.75) is 123 Å². The van der Waals surface area contributed by atoms with Gasteiger partial charge >= 0.3 is 12.2 Å². The number of piperidine rings is 1. The highest BCUT2D eigenvalue weighted by molar-refractivity contribution is 5.92. The third-order valence-corrected chi connectivity index (χ3v) is 12.6. The second-order valence-electron chi connectivity index (χ2n) is 18.6. The summed E-state index contributed by atoms with van der Waals surface area (Å²) in [7, 11) is 2.56. The first-order valence-electron chi connectivity index (χ1n) is 22.2. The Morgan fingerprint density at radius 3 is 1.89 bits per heavy atom. The summed E-state index contributed by atoms with van der Waals surface area (Å²) >= 11 is 0. The van der Waals surface area contributed by atoms with Crippen LogP contribution in [0, 0.1) is 11.8 Å². The van der Waals surface area contributed by atoms with Gasteiger partial charge in [0.2, 0.25) is 17.7 Å². The number of carbonyl (C=O) groups excluding carboxylic acids is 5. The van der Waals surface area contributed by atoms with Crippen LogP contribution >= 0.6 is 0 Å². The van der Waals surface area contributed by atoms with Crippen molar-refractivity contribution in [1.82, 2.24) is 35.7 Å². The maximum absolute atomic E-state index is 13.8. The normalized spacial score (nSPS) is 19.4. The Bertz CT molecular complexity index is 2070. The lowest BCUT2D eigenvalue weighted by molar-refractivity contribution is -0.141. The highest BCUT2D eigenvalue weighted by Crippen LogP contribution is 2.38. The first kappa shape index (κ1) is 45.9. The molecule has 3 aromatic rings. The number of H-pyrrole nitrogens is 1. The number of imidazole rings is 1. The molecule has 15 heteroatoms. The SMILES string of the molecule is COC(=O)NC(C(=O)N1CCCC1C(=O)NC1CCN(c2ccc(-c3cnc(C4CCCN4C(=O)C(NC(=O)OC)C(C)C)[nH]3)cc2-c2ccc(C(C)(C)C)cc2)CC1)C(C)C. The number of aromatic amines is 1. The molecule has 0 bridgehead atoms. The fourth-order valence-electron chi connectivity index (χ4n) is 8.95. The number of amides is 5. The molecule has 3 aliphatic heterocycles. The number of hydrogen-bond acceptors (Lipinski definition) is 9. The number of rotatable bonds is 12.